The third kappa shape index (κ3) is 8.94. The first-order valence-electron chi connectivity index (χ1n) is 1.20. The molecule has 3 nitrogen and oxygen atoms in total. The van der Waals surface area contributed by atoms with E-state index in [1.807, 2.05) is 0 Å². The van der Waals surface area contributed by atoms with Crippen molar-refractivity contribution in [3.05, 3.63) is 0 Å². The van der Waals surface area contributed by atoms with E-state index in [-0.39, 0.29) is 20.4 Å². The second-order valence-corrected chi connectivity index (χ2v) is 0.477. The summed E-state index contributed by atoms with van der Waals surface area (Å²) in [6.45, 7) is 0. The predicted molar refractivity (Wildman–Crippen MR) is 17.9 cm³/mol. The van der Waals surface area contributed by atoms with Crippen LogP contribution in [0, 0.1) is 0 Å². The van der Waals surface area contributed by atoms with Crippen LogP contribution in [0.15, 0.2) is 0 Å². The van der Waals surface area contributed by atoms with Crippen LogP contribution in [0.5, 0.6) is 0 Å². The summed E-state index contributed by atoms with van der Waals surface area (Å²) in [5.74, 6) is 0. The first-order chi connectivity index (χ1) is 2.41. The average molecular weight is 259 g/mol. The molecular weight excluding hydrogens is 254 g/mol. The molecule has 0 rings (SSSR count). The number of rotatable bonds is 2. The maximum Gasteiger partial charge on any atom is 0.000513 e. The zero-order valence-electron chi connectivity index (χ0n) is 3.29. The van der Waals surface area contributed by atoms with Gasteiger partial charge in [-0.25, -0.2) is 0 Å². The van der Waals surface area contributed by atoms with E-state index in [0.717, 1.165) is 0 Å². The third-order valence-electron chi connectivity index (χ3n) is 0.176. The molecule has 0 aromatic rings. The summed E-state index contributed by atoms with van der Waals surface area (Å²) in [6.07, 6.45) is 1.41. The topological polar surface area (TPSA) is 41.1 Å². The van der Waals surface area contributed by atoms with Gasteiger partial charge in [0.05, 0.1) is 0 Å². The van der Waals surface area contributed by atoms with Crippen molar-refractivity contribution in [3.63, 3.8) is 0 Å². The fourth-order valence-corrected chi connectivity index (χ4v) is 0.0510. The molecule has 0 heterocycles. The molecule has 4 heteroatoms. The Morgan fingerprint density at radius 3 is 2.17 bits per heavy atom. The van der Waals surface area contributed by atoms with Crippen molar-refractivity contribution in [1.29, 1.82) is 0 Å². The molecule has 0 aromatic heterocycles. The first-order valence-corrected chi connectivity index (χ1v) is 1.20. The quantitative estimate of drug-likeness (QED) is 0.371. The second-order valence-electron chi connectivity index (χ2n) is 0.477. The summed E-state index contributed by atoms with van der Waals surface area (Å²) in [4.78, 5) is 9.11. The van der Waals surface area contributed by atoms with Crippen molar-refractivity contribution in [2.24, 2.45) is 0 Å². The average Bonchev–Trinajstić information content (AvgIpc) is 1.41. The van der Waals surface area contributed by atoms with E-state index in [1.165, 1.54) is 6.41 Å². The largest absolute Gasteiger partial charge is 0.519 e. The minimum atomic E-state index is 0. The summed E-state index contributed by atoms with van der Waals surface area (Å²) in [5.41, 5.74) is 4.40. The Labute approximate surface area is 50.1 Å². The molecule has 0 spiro atoms. The standard InChI is InChI=1S/C2H5N2O.Re/c1-3-4-2-5;/h3H,1H3,(H,4,5);/q-1;. The molecule has 0 aromatic carbocycles. The maximum absolute atomic E-state index is 9.11. The molecule has 0 aliphatic carbocycles. The summed E-state index contributed by atoms with van der Waals surface area (Å²) in [5, 5.41) is 0. The minimum Gasteiger partial charge on any atom is -0.519 e. The van der Waals surface area contributed by atoms with Crippen LogP contribution in [0.4, 0.5) is 0 Å². The van der Waals surface area contributed by atoms with Gasteiger partial charge < -0.3 is 10.2 Å². The summed E-state index contributed by atoms with van der Waals surface area (Å²) >= 11 is 0. The first kappa shape index (κ1) is 9.43. The van der Waals surface area contributed by atoms with Crippen molar-refractivity contribution in [1.82, 2.24) is 10.9 Å². The van der Waals surface area contributed by atoms with E-state index in [2.05, 4.69) is 10.9 Å². The number of carbonyl (C=O) groups excluding carboxylic acids is 1. The fraction of sp³-hybridized carbons (Fsp3) is 0.500. The summed E-state index contributed by atoms with van der Waals surface area (Å²) in [6, 6.07) is 0. The molecule has 2 N–H and O–H groups in total. The van der Waals surface area contributed by atoms with Gasteiger partial charge in [0.25, 0.3) is 0 Å². The van der Waals surface area contributed by atoms with Gasteiger partial charge >= 0.3 is 0 Å². The van der Waals surface area contributed by atoms with Gasteiger partial charge in [0.15, 0.2) is 0 Å². The van der Waals surface area contributed by atoms with Crippen LogP contribution < -0.4 is 10.9 Å². The Morgan fingerprint density at radius 1 is 1.67 bits per heavy atom. The number of hydrogen-bond acceptors (Lipinski definition) is 2. The van der Waals surface area contributed by atoms with Crippen LogP contribution in [-0.4, -0.2) is 13.5 Å². The van der Waals surface area contributed by atoms with Gasteiger partial charge in [-0.1, -0.05) is 0 Å². The fourth-order valence-electron chi connectivity index (χ4n) is 0.0510. The third-order valence-corrected chi connectivity index (χ3v) is 0.176. The molecular formula is C2H5N2ORe-. The van der Waals surface area contributed by atoms with Gasteiger partial charge in [0.1, 0.15) is 0 Å². The molecule has 0 unspecified atom stereocenters. The number of hydrazine groups is 1. The Hall–Kier alpha value is 0.0923. The van der Waals surface area contributed by atoms with Crippen LogP contribution in [-0.2, 0) is 25.2 Å². The van der Waals surface area contributed by atoms with Crippen molar-refractivity contribution in [3.8, 4) is 0 Å². The Kier molecular flexibility index (Phi) is 14.0. The van der Waals surface area contributed by atoms with Gasteiger partial charge in [-0.2, -0.15) is 6.41 Å². The van der Waals surface area contributed by atoms with Crippen molar-refractivity contribution < 1.29 is 25.2 Å². The number of amides is 1. The molecule has 0 fully saturated rings. The Morgan fingerprint density at radius 2 is 2.17 bits per heavy atom. The number of nitrogens with one attached hydrogen (secondary N) is 2. The second kappa shape index (κ2) is 8.92. The van der Waals surface area contributed by atoms with Gasteiger partial charge in [-0.05, 0) is 0 Å². The van der Waals surface area contributed by atoms with E-state index < -0.39 is 0 Å². The van der Waals surface area contributed by atoms with E-state index in [9.17, 15) is 0 Å². The van der Waals surface area contributed by atoms with Crippen LogP contribution in [0.1, 0.15) is 0 Å². The van der Waals surface area contributed by atoms with Crippen LogP contribution in [0.25, 0.3) is 0 Å². The SMILES string of the molecule is CNN[C-]=O.[Re]. The molecule has 37 valence electrons. The number of hydrogen-bond donors (Lipinski definition) is 2. The minimum absolute atomic E-state index is 0. The van der Waals surface area contributed by atoms with E-state index in [1.54, 1.807) is 7.05 Å². The smallest absolute Gasteiger partial charge is 0.000513 e. The predicted octanol–water partition coefficient (Wildman–Crippen LogP) is -1.22. The van der Waals surface area contributed by atoms with Gasteiger partial charge in [-0.3, -0.25) is 5.43 Å². The monoisotopic (exact) mass is 260 g/mol. The van der Waals surface area contributed by atoms with Gasteiger partial charge in [0, 0.05) is 27.5 Å². The van der Waals surface area contributed by atoms with Crippen molar-refractivity contribution in [2.75, 3.05) is 7.05 Å². The van der Waals surface area contributed by atoms with E-state index in [0.29, 0.717) is 0 Å². The van der Waals surface area contributed by atoms with Crippen LogP contribution >= 0.6 is 0 Å². The van der Waals surface area contributed by atoms with Gasteiger partial charge in [0.2, 0.25) is 0 Å². The summed E-state index contributed by atoms with van der Waals surface area (Å²) in [7, 11) is 1.59. The molecule has 0 saturated carbocycles. The molecule has 0 atom stereocenters. The van der Waals surface area contributed by atoms with Crippen molar-refractivity contribution >= 4 is 6.41 Å². The molecule has 1 radical (unpaired) electrons. The molecule has 0 bridgehead atoms. The van der Waals surface area contributed by atoms with Gasteiger partial charge in [-0.15, -0.1) is 0 Å². The Balaban J connectivity index is 0. The molecule has 1 amide bonds. The maximum atomic E-state index is 9.11. The molecule has 0 aliphatic rings. The Bertz CT molecular complexity index is 32.7. The molecule has 6 heavy (non-hydrogen) atoms. The van der Waals surface area contributed by atoms with E-state index in [4.69, 9.17) is 4.79 Å². The normalized spacial score (nSPS) is 5.50. The molecule has 0 saturated heterocycles. The van der Waals surface area contributed by atoms with Crippen molar-refractivity contribution in [2.45, 2.75) is 0 Å². The zero-order valence-corrected chi connectivity index (χ0v) is 6.00. The van der Waals surface area contributed by atoms with Crippen LogP contribution in [0.3, 0.4) is 0 Å². The van der Waals surface area contributed by atoms with Crippen LogP contribution in [0.2, 0.25) is 0 Å². The molecule has 0 aliphatic heterocycles. The zero-order chi connectivity index (χ0) is 4.12. The summed E-state index contributed by atoms with van der Waals surface area (Å²) < 4.78 is 0. The van der Waals surface area contributed by atoms with E-state index >= 15 is 0 Å².